The first-order chi connectivity index (χ1) is 12.6. The van der Waals surface area contributed by atoms with Crippen LogP contribution >= 0.6 is 23.8 Å². The normalized spacial score (nSPS) is 14.0. The van der Waals surface area contributed by atoms with E-state index in [0.29, 0.717) is 34.7 Å². The van der Waals surface area contributed by atoms with Gasteiger partial charge in [-0.25, -0.2) is 4.79 Å². The highest BCUT2D eigenvalue weighted by Crippen LogP contribution is 2.30. The zero-order chi connectivity index (χ0) is 18.5. The lowest BCUT2D eigenvalue weighted by molar-refractivity contribution is 0.0692. The van der Waals surface area contributed by atoms with Crippen LogP contribution in [0.5, 0.6) is 11.5 Å². The van der Waals surface area contributed by atoms with E-state index in [9.17, 15) is 4.79 Å². The average molecular weight is 392 g/mol. The zero-order valence-corrected chi connectivity index (χ0v) is 15.8. The van der Waals surface area contributed by atoms with E-state index < -0.39 is 5.97 Å². The maximum absolute atomic E-state index is 12.5. The van der Waals surface area contributed by atoms with Crippen LogP contribution < -0.4 is 9.47 Å². The highest BCUT2D eigenvalue weighted by molar-refractivity contribution is 7.80. The SMILES string of the molecule is COc1ccc(C(=S)N2CCOCC2)cc1OC(=O)c1ccccc1Cl. The Balaban J connectivity index is 1.84. The largest absolute Gasteiger partial charge is 0.493 e. The number of carbonyl (C=O) groups is 1. The van der Waals surface area contributed by atoms with E-state index in [1.165, 1.54) is 7.11 Å². The monoisotopic (exact) mass is 391 g/mol. The fraction of sp³-hybridized carbons (Fsp3) is 0.263. The molecule has 136 valence electrons. The molecule has 0 atom stereocenters. The van der Waals surface area contributed by atoms with Crippen molar-refractivity contribution in [1.29, 1.82) is 0 Å². The molecule has 0 amide bonds. The van der Waals surface area contributed by atoms with Gasteiger partial charge in [-0.15, -0.1) is 0 Å². The van der Waals surface area contributed by atoms with Crippen LogP contribution in [0.2, 0.25) is 5.02 Å². The summed E-state index contributed by atoms with van der Waals surface area (Å²) in [4.78, 5) is 15.2. The van der Waals surface area contributed by atoms with Gasteiger partial charge in [0.1, 0.15) is 4.99 Å². The summed E-state index contributed by atoms with van der Waals surface area (Å²) in [6, 6.07) is 12.0. The number of nitrogens with zero attached hydrogens (tertiary/aromatic N) is 1. The van der Waals surface area contributed by atoms with Crippen molar-refractivity contribution in [3.05, 3.63) is 58.6 Å². The molecule has 0 spiro atoms. The first kappa shape index (κ1) is 18.6. The lowest BCUT2D eigenvalue weighted by atomic mass is 10.1. The van der Waals surface area contributed by atoms with Gasteiger partial charge >= 0.3 is 5.97 Å². The molecule has 0 saturated carbocycles. The number of carbonyl (C=O) groups excluding carboxylic acids is 1. The Morgan fingerprint density at radius 3 is 2.58 bits per heavy atom. The van der Waals surface area contributed by atoms with Crippen LogP contribution in [-0.2, 0) is 4.74 Å². The van der Waals surface area contributed by atoms with Gasteiger partial charge in [0, 0.05) is 18.7 Å². The molecule has 1 aliphatic heterocycles. The third kappa shape index (κ3) is 4.15. The van der Waals surface area contributed by atoms with E-state index in [1.807, 2.05) is 6.07 Å². The second kappa shape index (κ2) is 8.49. The van der Waals surface area contributed by atoms with Crippen molar-refractivity contribution in [2.75, 3.05) is 33.4 Å². The van der Waals surface area contributed by atoms with Gasteiger partial charge in [0.15, 0.2) is 11.5 Å². The Morgan fingerprint density at radius 1 is 1.15 bits per heavy atom. The molecule has 1 fully saturated rings. The van der Waals surface area contributed by atoms with Crippen molar-refractivity contribution in [1.82, 2.24) is 4.90 Å². The molecule has 1 saturated heterocycles. The van der Waals surface area contributed by atoms with Gasteiger partial charge in [0.05, 0.1) is 30.9 Å². The predicted molar refractivity (Wildman–Crippen MR) is 103 cm³/mol. The first-order valence-electron chi connectivity index (χ1n) is 8.12. The Kier molecular flexibility index (Phi) is 6.08. The molecule has 1 heterocycles. The highest BCUT2D eigenvalue weighted by Gasteiger charge is 2.19. The standard InChI is InChI=1S/C19H18ClNO4S/c1-23-16-7-6-13(18(26)21-8-10-24-11-9-21)12-17(16)25-19(22)14-4-2-3-5-15(14)20/h2-7,12H,8-11H2,1H3. The highest BCUT2D eigenvalue weighted by atomic mass is 35.5. The van der Waals surface area contributed by atoms with Crippen LogP contribution in [0.1, 0.15) is 15.9 Å². The Labute approximate surface area is 162 Å². The van der Waals surface area contributed by atoms with Crippen LogP contribution in [0.3, 0.4) is 0 Å². The van der Waals surface area contributed by atoms with Crippen molar-refractivity contribution < 1.29 is 19.0 Å². The van der Waals surface area contributed by atoms with Crippen LogP contribution in [0, 0.1) is 0 Å². The van der Waals surface area contributed by atoms with Crippen LogP contribution in [-0.4, -0.2) is 49.3 Å². The first-order valence-corrected chi connectivity index (χ1v) is 8.90. The van der Waals surface area contributed by atoms with E-state index in [-0.39, 0.29) is 5.56 Å². The number of methoxy groups -OCH3 is 1. The lowest BCUT2D eigenvalue weighted by Gasteiger charge is -2.29. The number of halogens is 1. The molecular weight excluding hydrogens is 374 g/mol. The van der Waals surface area contributed by atoms with Gasteiger partial charge in [-0.3, -0.25) is 0 Å². The lowest BCUT2D eigenvalue weighted by Crippen LogP contribution is -2.40. The number of hydrogen-bond acceptors (Lipinski definition) is 5. The molecule has 3 rings (SSSR count). The van der Waals surface area contributed by atoms with Gasteiger partial charge in [-0.2, -0.15) is 0 Å². The number of rotatable bonds is 4. The van der Waals surface area contributed by atoms with Gasteiger partial charge in [0.25, 0.3) is 0 Å². The van der Waals surface area contributed by atoms with Crippen LogP contribution in [0.4, 0.5) is 0 Å². The Bertz CT molecular complexity index is 821. The summed E-state index contributed by atoms with van der Waals surface area (Å²) in [5.41, 5.74) is 1.07. The number of morpholine rings is 1. The third-order valence-corrected chi connectivity index (χ3v) is 4.83. The molecular formula is C19H18ClNO4S. The summed E-state index contributed by atoms with van der Waals surface area (Å²) in [5, 5.41) is 0.330. The minimum absolute atomic E-state index is 0.289. The molecule has 0 unspecified atom stereocenters. The number of hydrogen-bond donors (Lipinski definition) is 0. The van der Waals surface area contributed by atoms with E-state index in [2.05, 4.69) is 4.90 Å². The van der Waals surface area contributed by atoms with Gasteiger partial charge in [0.2, 0.25) is 0 Å². The average Bonchev–Trinajstić information content (AvgIpc) is 2.68. The molecule has 5 nitrogen and oxygen atoms in total. The van der Waals surface area contributed by atoms with Crippen molar-refractivity contribution in [3.63, 3.8) is 0 Å². The third-order valence-electron chi connectivity index (χ3n) is 4.01. The summed E-state index contributed by atoms with van der Waals surface area (Å²) in [6.45, 7) is 2.76. The maximum Gasteiger partial charge on any atom is 0.345 e. The number of benzene rings is 2. The maximum atomic E-state index is 12.5. The summed E-state index contributed by atoms with van der Waals surface area (Å²) in [7, 11) is 1.52. The van der Waals surface area contributed by atoms with Gasteiger partial charge in [-0.1, -0.05) is 36.0 Å². The molecule has 7 heteroatoms. The van der Waals surface area contributed by atoms with E-state index >= 15 is 0 Å². The van der Waals surface area contributed by atoms with Crippen molar-refractivity contribution >= 4 is 34.8 Å². The second-order valence-electron chi connectivity index (χ2n) is 5.64. The fourth-order valence-corrected chi connectivity index (χ4v) is 3.14. The molecule has 0 bridgehead atoms. The molecule has 0 N–H and O–H groups in total. The fourth-order valence-electron chi connectivity index (χ4n) is 2.62. The molecule has 0 radical (unpaired) electrons. The molecule has 2 aromatic carbocycles. The second-order valence-corrected chi connectivity index (χ2v) is 6.43. The molecule has 26 heavy (non-hydrogen) atoms. The summed E-state index contributed by atoms with van der Waals surface area (Å²) < 4.78 is 16.2. The quantitative estimate of drug-likeness (QED) is 0.451. The van der Waals surface area contributed by atoms with E-state index in [1.54, 1.807) is 36.4 Å². The Morgan fingerprint density at radius 2 is 1.88 bits per heavy atom. The van der Waals surface area contributed by atoms with Crippen LogP contribution in [0.25, 0.3) is 0 Å². The zero-order valence-electron chi connectivity index (χ0n) is 14.2. The predicted octanol–water partition coefficient (Wildman–Crippen LogP) is 3.58. The van der Waals surface area contributed by atoms with Gasteiger partial charge < -0.3 is 19.1 Å². The molecule has 0 aliphatic carbocycles. The number of thiocarbonyl (C=S) groups is 1. The number of ether oxygens (including phenoxy) is 3. The van der Waals surface area contributed by atoms with Crippen molar-refractivity contribution in [2.24, 2.45) is 0 Å². The summed E-state index contributed by atoms with van der Waals surface area (Å²) in [5.74, 6) is 0.188. The van der Waals surface area contributed by atoms with Crippen LogP contribution in [0.15, 0.2) is 42.5 Å². The molecule has 1 aliphatic rings. The summed E-state index contributed by atoms with van der Waals surface area (Å²) >= 11 is 11.6. The molecule has 2 aromatic rings. The minimum Gasteiger partial charge on any atom is -0.493 e. The number of esters is 1. The van der Waals surface area contributed by atoms with Crippen molar-refractivity contribution in [3.8, 4) is 11.5 Å². The Hall–Kier alpha value is -2.15. The van der Waals surface area contributed by atoms with Gasteiger partial charge in [-0.05, 0) is 30.3 Å². The van der Waals surface area contributed by atoms with E-state index in [0.717, 1.165) is 18.7 Å². The smallest absolute Gasteiger partial charge is 0.345 e. The van der Waals surface area contributed by atoms with E-state index in [4.69, 9.17) is 38.0 Å². The minimum atomic E-state index is -0.552. The summed E-state index contributed by atoms with van der Waals surface area (Å²) in [6.07, 6.45) is 0. The van der Waals surface area contributed by atoms with Crippen molar-refractivity contribution in [2.45, 2.75) is 0 Å². The topological polar surface area (TPSA) is 48.0 Å². The molecule has 0 aromatic heterocycles.